The molecular weight excluding hydrogens is 320 g/mol. The molecule has 0 aromatic heterocycles. The summed E-state index contributed by atoms with van der Waals surface area (Å²) < 4.78 is 5.02. The number of rotatable bonds is 6. The Hall–Kier alpha value is -2.56. The first-order valence-electron chi connectivity index (χ1n) is 6.67. The van der Waals surface area contributed by atoms with E-state index in [-0.39, 0.29) is 24.6 Å². The molecule has 0 aliphatic heterocycles. The van der Waals surface area contributed by atoms with Crippen LogP contribution in [0.3, 0.4) is 0 Å². The van der Waals surface area contributed by atoms with Gasteiger partial charge in [0.2, 0.25) is 5.91 Å². The summed E-state index contributed by atoms with van der Waals surface area (Å²) in [6.45, 7) is 1.74. The van der Waals surface area contributed by atoms with Crippen LogP contribution in [0.25, 0.3) is 0 Å². The van der Waals surface area contributed by atoms with Crippen molar-refractivity contribution in [3.05, 3.63) is 35.0 Å². The van der Waals surface area contributed by atoms with Crippen LogP contribution in [-0.4, -0.2) is 36.9 Å². The Morgan fingerprint density at radius 3 is 2.70 bits per heavy atom. The van der Waals surface area contributed by atoms with Crippen LogP contribution < -0.4 is 15.8 Å². The Kier molecular flexibility index (Phi) is 7.06. The zero-order valence-corrected chi connectivity index (χ0v) is 13.6. The first kappa shape index (κ1) is 18.5. The number of nitrogens with two attached hydrogens (primary N) is 1. The molecule has 23 heavy (non-hydrogen) atoms. The summed E-state index contributed by atoms with van der Waals surface area (Å²) in [5.41, 5.74) is 5.57. The normalized spacial score (nSPS) is 10.7. The fourth-order valence-electron chi connectivity index (χ4n) is 1.69. The number of nitriles is 1. The Morgan fingerprint density at radius 1 is 1.52 bits per heavy atom. The molecule has 0 aliphatic carbocycles. The number of nitrogens with zero attached hydrogens (tertiary/aromatic N) is 2. The van der Waals surface area contributed by atoms with Gasteiger partial charge in [-0.25, -0.2) is 0 Å². The Bertz CT molecular complexity index is 667. The maximum Gasteiger partial charge on any atom is 0.267 e. The van der Waals surface area contributed by atoms with Gasteiger partial charge >= 0.3 is 0 Å². The second-order valence-electron chi connectivity index (χ2n) is 4.46. The number of anilines is 1. The van der Waals surface area contributed by atoms with Crippen molar-refractivity contribution in [2.24, 2.45) is 5.73 Å². The van der Waals surface area contributed by atoms with Gasteiger partial charge in [0.15, 0.2) is 0 Å². The van der Waals surface area contributed by atoms with Gasteiger partial charge in [0.1, 0.15) is 17.4 Å². The van der Waals surface area contributed by atoms with Gasteiger partial charge in [0.25, 0.3) is 5.91 Å². The van der Waals surface area contributed by atoms with Crippen molar-refractivity contribution in [2.75, 3.05) is 25.5 Å². The summed E-state index contributed by atoms with van der Waals surface area (Å²) in [5.74, 6) is -0.507. The third kappa shape index (κ3) is 5.29. The Labute approximate surface area is 139 Å². The third-order valence-corrected chi connectivity index (χ3v) is 3.13. The van der Waals surface area contributed by atoms with Crippen molar-refractivity contribution < 1.29 is 14.3 Å². The van der Waals surface area contributed by atoms with Crippen molar-refractivity contribution in [3.63, 3.8) is 0 Å². The number of ether oxygens (including phenoxy) is 1. The summed E-state index contributed by atoms with van der Waals surface area (Å²) in [6, 6.07) is 6.43. The topological polar surface area (TPSA) is 108 Å². The Morgan fingerprint density at radius 2 is 2.22 bits per heavy atom. The van der Waals surface area contributed by atoms with E-state index in [0.29, 0.717) is 16.5 Å². The van der Waals surface area contributed by atoms with E-state index in [2.05, 4.69) is 5.32 Å². The minimum Gasteiger partial charge on any atom is -0.495 e. The van der Waals surface area contributed by atoms with Gasteiger partial charge in [-0.1, -0.05) is 11.6 Å². The highest BCUT2D eigenvalue weighted by atomic mass is 35.5. The fraction of sp³-hybridized carbons (Fsp3) is 0.267. The van der Waals surface area contributed by atoms with E-state index >= 15 is 0 Å². The van der Waals surface area contributed by atoms with Crippen molar-refractivity contribution >= 4 is 29.1 Å². The number of halogens is 1. The summed E-state index contributed by atoms with van der Waals surface area (Å²) in [5, 5.41) is 12.0. The van der Waals surface area contributed by atoms with E-state index in [1.54, 1.807) is 18.2 Å². The smallest absolute Gasteiger partial charge is 0.267 e. The molecule has 1 rings (SSSR count). The van der Waals surface area contributed by atoms with Crippen molar-refractivity contribution in [3.8, 4) is 11.8 Å². The molecule has 0 heterocycles. The number of hydrogen-bond donors (Lipinski definition) is 2. The van der Waals surface area contributed by atoms with Crippen molar-refractivity contribution in [2.45, 2.75) is 6.92 Å². The quantitative estimate of drug-likeness (QED) is 0.604. The lowest BCUT2D eigenvalue weighted by molar-refractivity contribution is -0.126. The number of benzene rings is 1. The molecular formula is C15H17ClN4O3. The molecule has 2 amide bonds. The molecule has 3 N–H and O–H groups in total. The third-order valence-electron chi connectivity index (χ3n) is 2.83. The number of methoxy groups -OCH3 is 1. The largest absolute Gasteiger partial charge is 0.495 e. The molecule has 1 aromatic rings. The summed E-state index contributed by atoms with van der Waals surface area (Å²) in [4.78, 5) is 24.8. The Balaban J connectivity index is 2.95. The van der Waals surface area contributed by atoms with Gasteiger partial charge in [0, 0.05) is 31.9 Å². The molecule has 7 nitrogen and oxygen atoms in total. The van der Waals surface area contributed by atoms with Gasteiger partial charge < -0.3 is 20.7 Å². The average molecular weight is 337 g/mol. The van der Waals surface area contributed by atoms with Crippen molar-refractivity contribution in [1.82, 2.24) is 4.90 Å². The second kappa shape index (κ2) is 8.78. The van der Waals surface area contributed by atoms with E-state index in [9.17, 15) is 9.59 Å². The molecule has 0 saturated carbocycles. The van der Waals surface area contributed by atoms with Crippen LogP contribution in [-0.2, 0) is 9.59 Å². The van der Waals surface area contributed by atoms with E-state index in [1.807, 2.05) is 0 Å². The second-order valence-corrected chi connectivity index (χ2v) is 4.87. The number of carbonyl (C=O) groups is 2. The lowest BCUT2D eigenvalue weighted by atomic mass is 10.2. The van der Waals surface area contributed by atoms with E-state index in [0.717, 1.165) is 0 Å². The molecule has 0 saturated heterocycles. The monoisotopic (exact) mass is 336 g/mol. The first-order chi connectivity index (χ1) is 10.9. The van der Waals surface area contributed by atoms with Crippen LogP contribution in [0.15, 0.2) is 30.0 Å². The molecule has 0 atom stereocenters. The first-order valence-corrected chi connectivity index (χ1v) is 7.04. The molecule has 0 spiro atoms. The minimum atomic E-state index is -0.656. The zero-order chi connectivity index (χ0) is 17.4. The van der Waals surface area contributed by atoms with Crippen LogP contribution >= 0.6 is 11.6 Å². The van der Waals surface area contributed by atoms with Crippen LogP contribution in [0.1, 0.15) is 6.92 Å². The number of nitrogens with one attached hydrogen (secondary N) is 1. The van der Waals surface area contributed by atoms with Gasteiger partial charge in [-0.2, -0.15) is 5.26 Å². The van der Waals surface area contributed by atoms with Crippen molar-refractivity contribution in [1.29, 1.82) is 5.26 Å². The lowest BCUT2D eigenvalue weighted by Crippen LogP contribution is -2.30. The number of amides is 2. The molecule has 0 radical (unpaired) electrons. The fourth-order valence-corrected chi connectivity index (χ4v) is 1.95. The summed E-state index contributed by atoms with van der Waals surface area (Å²) >= 11 is 5.97. The minimum absolute atomic E-state index is 0.210. The van der Waals surface area contributed by atoms with Crippen LogP contribution in [0.5, 0.6) is 5.75 Å². The summed E-state index contributed by atoms with van der Waals surface area (Å²) in [6.07, 6.45) is 1.18. The molecule has 1 aromatic carbocycles. The predicted octanol–water partition coefficient (Wildman–Crippen LogP) is 1.50. The molecule has 8 heteroatoms. The maximum absolute atomic E-state index is 12.1. The van der Waals surface area contributed by atoms with Crippen LogP contribution in [0, 0.1) is 11.3 Å². The molecule has 0 bridgehead atoms. The number of hydrogen-bond acceptors (Lipinski definition) is 5. The number of carbonyl (C=O) groups excluding carboxylic acids is 2. The van der Waals surface area contributed by atoms with Crippen LogP contribution in [0.2, 0.25) is 5.02 Å². The van der Waals surface area contributed by atoms with Gasteiger partial charge in [-0.3, -0.25) is 9.59 Å². The summed E-state index contributed by atoms with van der Waals surface area (Å²) in [7, 11) is 1.48. The van der Waals surface area contributed by atoms with Crippen LogP contribution in [0.4, 0.5) is 5.69 Å². The van der Waals surface area contributed by atoms with E-state index < -0.39 is 5.91 Å². The highest BCUT2D eigenvalue weighted by Crippen LogP contribution is 2.27. The SMILES string of the molecule is COc1ccc(NC(=O)/C(C#N)=C\N(CCN)C(C)=O)cc1Cl. The van der Waals surface area contributed by atoms with Gasteiger partial charge in [-0.15, -0.1) is 0 Å². The highest BCUT2D eigenvalue weighted by molar-refractivity contribution is 6.32. The highest BCUT2D eigenvalue weighted by Gasteiger charge is 2.14. The van der Waals surface area contributed by atoms with Gasteiger partial charge in [-0.05, 0) is 18.2 Å². The molecule has 0 unspecified atom stereocenters. The lowest BCUT2D eigenvalue weighted by Gasteiger charge is -2.15. The van der Waals surface area contributed by atoms with E-state index in [1.165, 1.54) is 31.2 Å². The standard InChI is InChI=1S/C15H17ClN4O3/c1-10(21)20(6-5-17)9-11(8-18)15(22)19-12-3-4-14(23-2)13(16)7-12/h3-4,7,9H,5-6,17H2,1-2H3,(H,19,22)/b11-9-. The molecule has 0 fully saturated rings. The molecule has 0 aliphatic rings. The zero-order valence-electron chi connectivity index (χ0n) is 12.8. The average Bonchev–Trinajstić information content (AvgIpc) is 2.51. The maximum atomic E-state index is 12.1. The predicted molar refractivity (Wildman–Crippen MR) is 86.8 cm³/mol. The van der Waals surface area contributed by atoms with Gasteiger partial charge in [0.05, 0.1) is 12.1 Å². The van der Waals surface area contributed by atoms with E-state index in [4.69, 9.17) is 27.3 Å². The molecule has 122 valence electrons.